The van der Waals surface area contributed by atoms with Crippen molar-refractivity contribution >= 4 is 5.97 Å². The van der Waals surface area contributed by atoms with Crippen molar-refractivity contribution in [2.24, 2.45) is 0 Å². The number of benzene rings is 2. The van der Waals surface area contributed by atoms with Crippen molar-refractivity contribution in [2.45, 2.75) is 213 Å². The van der Waals surface area contributed by atoms with Crippen LogP contribution in [0, 0.1) is 0 Å². The molecule has 0 aliphatic carbocycles. The Hall–Kier alpha value is -2.33. The summed E-state index contributed by atoms with van der Waals surface area (Å²) in [6.07, 6.45) is 36.2. The van der Waals surface area contributed by atoms with Gasteiger partial charge >= 0.3 is 5.97 Å². The average molecular weight is 707 g/mol. The summed E-state index contributed by atoms with van der Waals surface area (Å²) in [4.78, 5) is 12.8. The van der Waals surface area contributed by atoms with Gasteiger partial charge in [-0.25, -0.2) is 4.79 Å². The largest absolute Gasteiger partial charge is 0.490 e. The zero-order valence-corrected chi connectivity index (χ0v) is 33.7. The normalized spacial score (nSPS) is 12.5. The monoisotopic (exact) mass is 707 g/mol. The van der Waals surface area contributed by atoms with Gasteiger partial charge in [-0.2, -0.15) is 0 Å². The third-order valence-electron chi connectivity index (χ3n) is 10.3. The Labute approximate surface area is 315 Å². The maximum atomic E-state index is 12.8. The maximum Gasteiger partial charge on any atom is 0.343 e. The van der Waals surface area contributed by atoms with E-state index in [1.54, 1.807) is 0 Å². The third kappa shape index (κ3) is 23.1. The number of carbonyl (C=O) groups is 1. The number of rotatable bonds is 34. The van der Waals surface area contributed by atoms with Crippen molar-refractivity contribution in [3.05, 3.63) is 59.7 Å². The average Bonchev–Trinajstić information content (AvgIpc) is 3.14. The van der Waals surface area contributed by atoms with E-state index in [1.807, 2.05) is 48.5 Å². The topological polar surface area (TPSA) is 44.8 Å². The van der Waals surface area contributed by atoms with Crippen LogP contribution < -0.4 is 9.47 Å². The fraction of sp³-hybridized carbons (Fsp3) is 0.723. The highest BCUT2D eigenvalue weighted by atomic mass is 16.5. The second kappa shape index (κ2) is 31.2. The second-order valence-corrected chi connectivity index (χ2v) is 15.1. The molecule has 2 atom stereocenters. The number of ether oxygens (including phenoxy) is 3. The Bertz CT molecular complexity index is 1060. The molecule has 2 aromatic rings. The molecular formula is C47H78O4. The van der Waals surface area contributed by atoms with Crippen LogP contribution in [0.15, 0.2) is 48.5 Å². The van der Waals surface area contributed by atoms with Gasteiger partial charge in [-0.3, -0.25) is 0 Å². The molecule has 290 valence electrons. The van der Waals surface area contributed by atoms with Crippen molar-refractivity contribution < 1.29 is 19.0 Å². The Morgan fingerprint density at radius 3 is 1.39 bits per heavy atom. The van der Waals surface area contributed by atoms with E-state index < -0.39 is 0 Å². The number of unbranched alkanes of at least 4 members (excludes halogenated alkanes) is 22. The summed E-state index contributed by atoms with van der Waals surface area (Å²) in [7, 11) is 0. The van der Waals surface area contributed by atoms with Crippen LogP contribution in [-0.4, -0.2) is 18.7 Å². The summed E-state index contributed by atoms with van der Waals surface area (Å²) in [5, 5.41) is 0. The second-order valence-electron chi connectivity index (χ2n) is 15.1. The standard InChI is InChI=1S/C47H78O4/c1-5-8-10-12-14-15-16-17-18-19-20-21-22-23-24-25-27-29-40-49-41(4)42-32-34-43(35-33-42)47(48)51-46-38-36-45(37-39-46)50-44(30-7-3)31-28-26-13-11-9-6-2/h32-39,41,44H,5-31,40H2,1-4H3. The summed E-state index contributed by atoms with van der Waals surface area (Å²) in [6, 6.07) is 15.1. The van der Waals surface area contributed by atoms with Gasteiger partial charge < -0.3 is 14.2 Å². The van der Waals surface area contributed by atoms with Crippen LogP contribution in [0.1, 0.15) is 223 Å². The Morgan fingerprint density at radius 2 is 0.922 bits per heavy atom. The van der Waals surface area contributed by atoms with Crippen molar-refractivity contribution in [3.63, 3.8) is 0 Å². The minimum absolute atomic E-state index is 0.00556. The summed E-state index contributed by atoms with van der Waals surface area (Å²) in [5.74, 6) is 1.01. The lowest BCUT2D eigenvalue weighted by Crippen LogP contribution is -2.16. The van der Waals surface area contributed by atoms with Gasteiger partial charge in [0.2, 0.25) is 0 Å². The summed E-state index contributed by atoms with van der Waals surface area (Å²) in [6.45, 7) is 9.63. The zero-order valence-electron chi connectivity index (χ0n) is 33.7. The van der Waals surface area contributed by atoms with E-state index in [1.165, 1.54) is 148 Å². The van der Waals surface area contributed by atoms with Crippen LogP contribution in [0.3, 0.4) is 0 Å². The van der Waals surface area contributed by atoms with Gasteiger partial charge in [-0.1, -0.05) is 181 Å². The highest BCUT2D eigenvalue weighted by Gasteiger charge is 2.13. The van der Waals surface area contributed by atoms with Gasteiger partial charge in [-0.15, -0.1) is 0 Å². The number of hydrogen-bond acceptors (Lipinski definition) is 4. The van der Waals surface area contributed by atoms with E-state index in [0.29, 0.717) is 11.3 Å². The SMILES string of the molecule is CCCCCCCCCCCCCCCCCCCCOC(C)c1ccc(C(=O)Oc2ccc(OC(CCC)CCCCCCCC)cc2)cc1. The highest BCUT2D eigenvalue weighted by molar-refractivity contribution is 5.91. The molecule has 0 radical (unpaired) electrons. The molecule has 4 nitrogen and oxygen atoms in total. The van der Waals surface area contributed by atoms with Crippen LogP contribution in [0.4, 0.5) is 0 Å². The number of carbonyl (C=O) groups excluding carboxylic acids is 1. The van der Waals surface area contributed by atoms with E-state index in [4.69, 9.17) is 14.2 Å². The minimum Gasteiger partial charge on any atom is -0.490 e. The molecule has 4 heteroatoms. The van der Waals surface area contributed by atoms with E-state index in [0.717, 1.165) is 43.6 Å². The summed E-state index contributed by atoms with van der Waals surface area (Å²) < 4.78 is 18.1. The summed E-state index contributed by atoms with van der Waals surface area (Å²) >= 11 is 0. The smallest absolute Gasteiger partial charge is 0.343 e. The van der Waals surface area contributed by atoms with Crippen LogP contribution in [-0.2, 0) is 4.74 Å². The first kappa shape index (κ1) is 44.8. The van der Waals surface area contributed by atoms with E-state index in [2.05, 4.69) is 27.7 Å². The van der Waals surface area contributed by atoms with Crippen LogP contribution in [0.2, 0.25) is 0 Å². The van der Waals surface area contributed by atoms with Gasteiger partial charge in [0.1, 0.15) is 11.5 Å². The quantitative estimate of drug-likeness (QED) is 0.0413. The van der Waals surface area contributed by atoms with E-state index in [-0.39, 0.29) is 18.2 Å². The predicted octanol–water partition coefficient (Wildman–Crippen LogP) is 15.3. The molecule has 0 saturated carbocycles. The molecule has 2 aromatic carbocycles. The molecule has 0 N–H and O–H groups in total. The molecule has 0 bridgehead atoms. The van der Waals surface area contributed by atoms with Crippen LogP contribution in [0.25, 0.3) is 0 Å². The molecule has 51 heavy (non-hydrogen) atoms. The predicted molar refractivity (Wildman–Crippen MR) is 218 cm³/mol. The Balaban J connectivity index is 1.52. The highest BCUT2D eigenvalue weighted by Crippen LogP contribution is 2.24. The lowest BCUT2D eigenvalue weighted by atomic mass is 10.0. The molecule has 0 amide bonds. The molecule has 2 rings (SSSR count). The maximum absolute atomic E-state index is 12.8. The molecule has 0 aromatic heterocycles. The Kier molecular flexibility index (Phi) is 27.4. The molecule has 0 fully saturated rings. The fourth-order valence-electron chi connectivity index (χ4n) is 6.93. The molecule has 0 saturated heterocycles. The van der Waals surface area contributed by atoms with Crippen molar-refractivity contribution in [1.29, 1.82) is 0 Å². The molecule has 0 aliphatic heterocycles. The first-order valence-corrected chi connectivity index (χ1v) is 21.8. The van der Waals surface area contributed by atoms with Gasteiger partial charge in [-0.05, 0) is 74.6 Å². The van der Waals surface area contributed by atoms with Crippen LogP contribution in [0.5, 0.6) is 11.5 Å². The zero-order chi connectivity index (χ0) is 36.6. The van der Waals surface area contributed by atoms with Gasteiger partial charge in [0.25, 0.3) is 0 Å². The fourth-order valence-corrected chi connectivity index (χ4v) is 6.93. The lowest BCUT2D eigenvalue weighted by molar-refractivity contribution is 0.0626. The molecule has 0 spiro atoms. The van der Waals surface area contributed by atoms with E-state index >= 15 is 0 Å². The summed E-state index contributed by atoms with van der Waals surface area (Å²) in [5.41, 5.74) is 1.62. The van der Waals surface area contributed by atoms with Crippen molar-refractivity contribution in [1.82, 2.24) is 0 Å². The molecule has 0 heterocycles. The van der Waals surface area contributed by atoms with Crippen molar-refractivity contribution in [2.75, 3.05) is 6.61 Å². The Morgan fingerprint density at radius 1 is 0.490 bits per heavy atom. The lowest BCUT2D eigenvalue weighted by Gasteiger charge is -2.19. The number of hydrogen-bond donors (Lipinski definition) is 0. The van der Waals surface area contributed by atoms with Gasteiger partial charge in [0, 0.05) is 6.61 Å². The third-order valence-corrected chi connectivity index (χ3v) is 10.3. The number of esters is 1. The van der Waals surface area contributed by atoms with E-state index in [9.17, 15) is 4.79 Å². The van der Waals surface area contributed by atoms with Crippen molar-refractivity contribution in [3.8, 4) is 11.5 Å². The molecular weight excluding hydrogens is 629 g/mol. The van der Waals surface area contributed by atoms with Gasteiger partial charge in [0.05, 0.1) is 17.8 Å². The van der Waals surface area contributed by atoms with Gasteiger partial charge in [0.15, 0.2) is 0 Å². The molecule has 2 unspecified atom stereocenters. The van der Waals surface area contributed by atoms with Crippen LogP contribution >= 0.6 is 0 Å². The first-order valence-electron chi connectivity index (χ1n) is 21.8. The first-order chi connectivity index (χ1) is 25.1. The minimum atomic E-state index is -0.352. The molecule has 0 aliphatic rings.